The lowest BCUT2D eigenvalue weighted by atomic mass is 10.1. The first kappa shape index (κ1) is 28.9. The maximum atomic E-state index is 12.0. The number of carbonyl (C=O) groups is 1. The highest BCUT2D eigenvalue weighted by molar-refractivity contribution is 7.99. The van der Waals surface area contributed by atoms with Gasteiger partial charge in [-0.3, -0.25) is 4.57 Å². The van der Waals surface area contributed by atoms with E-state index in [4.69, 9.17) is 25.1 Å². The molecule has 15 nitrogen and oxygen atoms in total. The summed E-state index contributed by atoms with van der Waals surface area (Å²) >= 11 is 1.10. The standard InChI is InChI=1S/C23H29N5O10S/c24-19-16-20(26-10-25-19)28(21-18(34)17(33)15(6-30)38-21)23(27-16)39-9-13(32)8-36-14-3-1-11(2-4-14)22(35)37-7-12(31)5-29/h1-4,10,12-13,15,17-18,21,29-34H,5-9H2,(H2,24,25,26)/t12?,13?,15-,17?,18?,21-/m1/s1. The number of benzene rings is 1. The molecule has 0 bridgehead atoms. The maximum Gasteiger partial charge on any atom is 0.338 e. The van der Waals surface area contributed by atoms with Crippen LogP contribution in [-0.4, -0.2) is 119 Å². The minimum atomic E-state index is -1.39. The third kappa shape index (κ3) is 6.56. The topological polar surface area (TPSA) is 236 Å². The Labute approximate surface area is 225 Å². The van der Waals surface area contributed by atoms with Crippen LogP contribution in [0.5, 0.6) is 5.75 Å². The molecule has 1 fully saturated rings. The lowest BCUT2D eigenvalue weighted by molar-refractivity contribution is -0.0548. The van der Waals surface area contributed by atoms with E-state index in [0.717, 1.165) is 11.8 Å². The summed E-state index contributed by atoms with van der Waals surface area (Å²) in [6, 6.07) is 5.95. The van der Waals surface area contributed by atoms with Crippen LogP contribution in [0.25, 0.3) is 11.2 Å². The number of rotatable bonds is 12. The van der Waals surface area contributed by atoms with Gasteiger partial charge in [0.1, 0.15) is 49.7 Å². The number of aromatic nitrogens is 4. The van der Waals surface area contributed by atoms with E-state index in [2.05, 4.69) is 15.0 Å². The third-order valence-electron chi connectivity index (χ3n) is 5.80. The number of aliphatic hydroxyl groups excluding tert-OH is 6. The number of nitrogens with zero attached hydrogens (tertiary/aromatic N) is 4. The number of thioether (sulfide) groups is 1. The molecule has 4 rings (SSSR count). The van der Waals surface area contributed by atoms with E-state index < -0.39 is 55.9 Å². The van der Waals surface area contributed by atoms with E-state index in [1.165, 1.54) is 35.2 Å². The quantitative estimate of drug-likeness (QED) is 0.0931. The number of esters is 1. The van der Waals surface area contributed by atoms with Gasteiger partial charge in [-0.15, -0.1) is 0 Å². The summed E-state index contributed by atoms with van der Waals surface area (Å²) in [6.45, 7) is -1.47. The Morgan fingerprint density at radius 1 is 1.10 bits per heavy atom. The van der Waals surface area contributed by atoms with Crippen molar-refractivity contribution >= 4 is 34.7 Å². The highest BCUT2D eigenvalue weighted by Crippen LogP contribution is 2.36. The number of carbonyl (C=O) groups excluding carboxylic acids is 1. The second-order valence-corrected chi connectivity index (χ2v) is 9.65. The molecule has 1 saturated heterocycles. The van der Waals surface area contributed by atoms with E-state index in [1.54, 1.807) is 0 Å². The molecule has 3 aromatic rings. The van der Waals surface area contributed by atoms with E-state index in [1.807, 2.05) is 0 Å². The molecule has 3 heterocycles. The summed E-state index contributed by atoms with van der Waals surface area (Å²) in [6.07, 6.45) is -5.77. The predicted molar refractivity (Wildman–Crippen MR) is 135 cm³/mol. The number of nitrogens with two attached hydrogens (primary N) is 1. The van der Waals surface area contributed by atoms with Crippen LogP contribution in [0.15, 0.2) is 35.7 Å². The van der Waals surface area contributed by atoms with Gasteiger partial charge in [0.05, 0.1) is 24.9 Å². The van der Waals surface area contributed by atoms with Gasteiger partial charge in [-0.05, 0) is 24.3 Å². The van der Waals surface area contributed by atoms with Crippen molar-refractivity contribution in [3.63, 3.8) is 0 Å². The molecular weight excluding hydrogens is 538 g/mol. The zero-order valence-corrected chi connectivity index (χ0v) is 21.3. The van der Waals surface area contributed by atoms with Crippen molar-refractivity contribution in [2.45, 2.75) is 41.9 Å². The predicted octanol–water partition coefficient (Wildman–Crippen LogP) is -1.94. The summed E-state index contributed by atoms with van der Waals surface area (Å²) in [5.41, 5.74) is 6.64. The lowest BCUT2D eigenvalue weighted by Gasteiger charge is -2.19. The maximum absolute atomic E-state index is 12.0. The number of hydrogen-bond donors (Lipinski definition) is 7. The van der Waals surface area contributed by atoms with Gasteiger partial charge in [-0.2, -0.15) is 0 Å². The van der Waals surface area contributed by atoms with Crippen molar-refractivity contribution in [3.8, 4) is 5.75 Å². The minimum absolute atomic E-state index is 0.0909. The van der Waals surface area contributed by atoms with E-state index in [-0.39, 0.29) is 46.7 Å². The number of nitrogen functional groups attached to an aromatic ring is 1. The van der Waals surface area contributed by atoms with Gasteiger partial charge in [0, 0.05) is 5.75 Å². The smallest absolute Gasteiger partial charge is 0.338 e. The Morgan fingerprint density at radius 3 is 2.51 bits per heavy atom. The zero-order valence-electron chi connectivity index (χ0n) is 20.5. The number of ether oxygens (including phenoxy) is 3. The van der Waals surface area contributed by atoms with Crippen LogP contribution in [0.3, 0.4) is 0 Å². The van der Waals surface area contributed by atoms with E-state index in [0.29, 0.717) is 5.75 Å². The van der Waals surface area contributed by atoms with Gasteiger partial charge in [-0.25, -0.2) is 19.7 Å². The van der Waals surface area contributed by atoms with Crippen LogP contribution in [0, 0.1) is 0 Å². The molecule has 6 atom stereocenters. The Kier molecular flexibility index (Phi) is 9.52. The van der Waals surface area contributed by atoms with Crippen LogP contribution in [0.4, 0.5) is 5.82 Å². The van der Waals surface area contributed by atoms with Crippen LogP contribution in [0.2, 0.25) is 0 Å². The Balaban J connectivity index is 1.38. The summed E-state index contributed by atoms with van der Waals surface area (Å²) in [5, 5.41) is 59.1. The molecule has 4 unspecified atom stereocenters. The molecule has 1 aliphatic rings. The fourth-order valence-corrected chi connectivity index (χ4v) is 4.66. The van der Waals surface area contributed by atoms with Crippen molar-refractivity contribution in [2.24, 2.45) is 0 Å². The van der Waals surface area contributed by atoms with Crippen molar-refractivity contribution < 1.29 is 49.6 Å². The largest absolute Gasteiger partial charge is 0.491 e. The van der Waals surface area contributed by atoms with E-state index >= 15 is 0 Å². The molecular formula is C23H29N5O10S. The average Bonchev–Trinajstić information content (AvgIpc) is 3.46. The van der Waals surface area contributed by atoms with Crippen molar-refractivity contribution in [1.82, 2.24) is 19.5 Å². The molecule has 1 aliphatic heterocycles. The second kappa shape index (κ2) is 12.8. The molecule has 2 aromatic heterocycles. The molecule has 0 radical (unpaired) electrons. The number of aliphatic hydroxyl groups is 6. The number of imidazole rings is 1. The highest BCUT2D eigenvalue weighted by atomic mass is 32.2. The van der Waals surface area contributed by atoms with Gasteiger partial charge in [0.2, 0.25) is 0 Å². The average molecular weight is 568 g/mol. The van der Waals surface area contributed by atoms with Crippen LogP contribution in [0.1, 0.15) is 16.6 Å². The first-order valence-electron chi connectivity index (χ1n) is 11.8. The SMILES string of the molecule is Nc1ncnc2c1nc(SCC(O)COc1ccc(C(=O)OCC(O)CO)cc1)n2[C@@H]1O[C@H](CO)C(O)C1O. The van der Waals surface area contributed by atoms with Gasteiger partial charge in [0.15, 0.2) is 28.4 Å². The monoisotopic (exact) mass is 567 g/mol. The van der Waals surface area contributed by atoms with Gasteiger partial charge in [-0.1, -0.05) is 11.8 Å². The lowest BCUT2D eigenvalue weighted by Crippen LogP contribution is -2.33. The van der Waals surface area contributed by atoms with Crippen molar-refractivity contribution in [3.05, 3.63) is 36.2 Å². The van der Waals surface area contributed by atoms with Gasteiger partial charge < -0.3 is 50.6 Å². The summed E-state index contributed by atoms with van der Waals surface area (Å²) in [7, 11) is 0. The fraction of sp³-hybridized carbons (Fsp3) is 0.478. The van der Waals surface area contributed by atoms with Gasteiger partial charge >= 0.3 is 5.97 Å². The molecule has 1 aromatic carbocycles. The molecule has 16 heteroatoms. The summed E-state index contributed by atoms with van der Waals surface area (Å²) in [4.78, 5) is 24.5. The normalized spacial score (nSPS) is 22.6. The Bertz CT molecular complexity index is 1260. The number of hydrogen-bond acceptors (Lipinski definition) is 15. The van der Waals surface area contributed by atoms with Crippen LogP contribution < -0.4 is 10.5 Å². The molecule has 0 spiro atoms. The number of anilines is 1. The highest BCUT2D eigenvalue weighted by Gasteiger charge is 2.45. The first-order chi connectivity index (χ1) is 18.7. The zero-order chi connectivity index (χ0) is 28.1. The third-order valence-corrected chi connectivity index (χ3v) is 6.90. The molecule has 0 amide bonds. The van der Waals surface area contributed by atoms with Crippen LogP contribution in [-0.2, 0) is 9.47 Å². The Morgan fingerprint density at radius 2 is 1.85 bits per heavy atom. The molecule has 0 saturated carbocycles. The van der Waals surface area contributed by atoms with Crippen molar-refractivity contribution in [2.75, 3.05) is 37.9 Å². The number of fused-ring (bicyclic) bond motifs is 1. The second-order valence-electron chi connectivity index (χ2n) is 8.66. The van der Waals surface area contributed by atoms with Gasteiger partial charge in [0.25, 0.3) is 0 Å². The molecule has 39 heavy (non-hydrogen) atoms. The fourth-order valence-electron chi connectivity index (χ4n) is 3.74. The van der Waals surface area contributed by atoms with Crippen LogP contribution >= 0.6 is 11.8 Å². The molecule has 212 valence electrons. The summed E-state index contributed by atoms with van der Waals surface area (Å²) < 4.78 is 17.6. The molecule has 8 N–H and O–H groups in total. The summed E-state index contributed by atoms with van der Waals surface area (Å²) in [5.74, 6) is -0.0999. The Hall–Kier alpha value is -3.09. The first-order valence-corrected chi connectivity index (χ1v) is 12.8. The molecule has 0 aliphatic carbocycles. The van der Waals surface area contributed by atoms with E-state index in [9.17, 15) is 30.3 Å². The van der Waals surface area contributed by atoms with Crippen molar-refractivity contribution in [1.29, 1.82) is 0 Å². The minimum Gasteiger partial charge on any atom is -0.491 e.